The van der Waals surface area contributed by atoms with Crippen LogP contribution in [0.1, 0.15) is 48.3 Å². The van der Waals surface area contributed by atoms with Crippen molar-refractivity contribution in [2.75, 3.05) is 91.6 Å². The zero-order valence-electron chi connectivity index (χ0n) is 49.0. The van der Waals surface area contributed by atoms with E-state index >= 15 is 0 Å². The van der Waals surface area contributed by atoms with E-state index in [1.807, 2.05) is 0 Å². The van der Waals surface area contributed by atoms with E-state index in [1.165, 1.54) is 50.3 Å². The van der Waals surface area contributed by atoms with Gasteiger partial charge < -0.3 is 70.9 Å². The number of aliphatic imine (C=N–C) groups is 2. The number of aromatic nitrogens is 6. The maximum atomic E-state index is 14.8. The number of rotatable bonds is 40. The van der Waals surface area contributed by atoms with Gasteiger partial charge in [-0.25, -0.2) is 35.3 Å². The zero-order chi connectivity index (χ0) is 64.0. The van der Waals surface area contributed by atoms with Crippen LogP contribution in [0.3, 0.4) is 0 Å². The predicted molar refractivity (Wildman–Crippen MR) is 317 cm³/mol. The van der Waals surface area contributed by atoms with Gasteiger partial charge in [-0.05, 0) is 110 Å². The molecule has 0 saturated heterocycles. The topological polar surface area (TPSA) is 354 Å². The highest BCUT2D eigenvalue weighted by atomic mass is 32.2. The van der Waals surface area contributed by atoms with Gasteiger partial charge in [0.25, 0.3) is 11.8 Å². The van der Waals surface area contributed by atoms with Gasteiger partial charge in [-0.3, -0.25) is 9.59 Å². The van der Waals surface area contributed by atoms with Crippen molar-refractivity contribution >= 4 is 45.7 Å². The Kier molecular flexibility index (Phi) is 28.7. The Bertz CT molecular complexity index is 3430. The van der Waals surface area contributed by atoms with E-state index in [1.54, 1.807) is 46.0 Å². The molecule has 2 aromatic heterocycles. The summed E-state index contributed by atoms with van der Waals surface area (Å²) in [6.45, 7) is 9.53. The highest BCUT2D eigenvalue weighted by Gasteiger charge is 2.19. The average Bonchev–Trinajstić information content (AvgIpc) is 4.22. The second kappa shape index (κ2) is 36.7. The summed E-state index contributed by atoms with van der Waals surface area (Å²) in [4.78, 5) is 30.6. The molecule has 6 rings (SSSR count). The first-order valence-electron chi connectivity index (χ1n) is 27.7. The van der Waals surface area contributed by atoms with Gasteiger partial charge in [0.15, 0.2) is 56.5 Å². The molecule has 0 spiro atoms. The first-order valence-corrected chi connectivity index (χ1v) is 29.4. The molecule has 0 aliphatic carbocycles. The molecule has 0 radical (unpaired) electrons. The van der Waals surface area contributed by atoms with Crippen LogP contribution in [0.15, 0.2) is 111 Å². The Hall–Kier alpha value is -8.53. The van der Waals surface area contributed by atoms with Gasteiger partial charge in [0.1, 0.15) is 22.9 Å². The van der Waals surface area contributed by atoms with Crippen LogP contribution in [-0.2, 0) is 85.4 Å². The lowest BCUT2D eigenvalue weighted by Crippen LogP contribution is -2.24. The third kappa shape index (κ3) is 25.2. The summed E-state index contributed by atoms with van der Waals surface area (Å²) in [7, 11) is -3.69. The maximum absolute atomic E-state index is 14.8. The number of carbonyl (C=O) groups is 2. The van der Waals surface area contributed by atoms with Crippen molar-refractivity contribution in [3.05, 3.63) is 148 Å². The molecule has 0 aliphatic rings. The summed E-state index contributed by atoms with van der Waals surface area (Å²) >= 11 is 0. The first kappa shape index (κ1) is 69.6. The molecule has 480 valence electrons. The average molecular weight is 1270 g/mol. The minimum atomic E-state index is -3.69. The van der Waals surface area contributed by atoms with E-state index in [-0.39, 0.29) is 83.9 Å². The van der Waals surface area contributed by atoms with Crippen LogP contribution >= 0.6 is 0 Å². The maximum Gasteiger partial charge on any atom is 0.275 e. The number of nitrogens with one attached hydrogen (secondary N) is 1. The Morgan fingerprint density at radius 2 is 0.944 bits per heavy atom. The van der Waals surface area contributed by atoms with Crippen molar-refractivity contribution < 1.29 is 78.2 Å². The Balaban J connectivity index is 0.704. The lowest BCUT2D eigenvalue weighted by atomic mass is 10.1. The summed E-state index contributed by atoms with van der Waals surface area (Å²) < 4.78 is 138. The fourth-order valence-electron chi connectivity index (χ4n) is 7.71. The van der Waals surface area contributed by atoms with E-state index in [2.05, 4.69) is 35.9 Å². The second-order valence-electron chi connectivity index (χ2n) is 19.2. The summed E-state index contributed by atoms with van der Waals surface area (Å²) in [5, 5.41) is 19.8. The molecule has 9 N–H and O–H groups in total. The number of carbonyl (C=O) groups excluding carboxylic acids is 2. The highest BCUT2D eigenvalue weighted by molar-refractivity contribution is 7.91. The fraction of sp³-hybridized carbons (Fsp3) is 0.379. The summed E-state index contributed by atoms with van der Waals surface area (Å²) in [6.07, 6.45) is 6.22. The number of hydrogen-bond donors (Lipinski definition) is 5. The normalized spacial score (nSPS) is 11.9. The highest BCUT2D eigenvalue weighted by Crippen LogP contribution is 2.32. The molecule has 2 heterocycles. The lowest BCUT2D eigenvalue weighted by Gasteiger charge is -2.10. The number of benzene rings is 4. The molecule has 0 bridgehead atoms. The summed E-state index contributed by atoms with van der Waals surface area (Å²) in [6, 6.07) is 15.9. The number of amides is 2. The van der Waals surface area contributed by atoms with Crippen LogP contribution in [0.25, 0.3) is 12.2 Å². The number of sulfone groups is 1. The molecule has 31 heteroatoms. The van der Waals surface area contributed by atoms with Crippen molar-refractivity contribution in [1.29, 1.82) is 0 Å². The Labute approximate surface area is 510 Å². The molecule has 0 unspecified atom stereocenters. The largest absolute Gasteiger partial charge is 0.451 e. The molecule has 0 fully saturated rings. The smallest absolute Gasteiger partial charge is 0.275 e. The van der Waals surface area contributed by atoms with Gasteiger partial charge in [-0.1, -0.05) is 22.6 Å². The van der Waals surface area contributed by atoms with Crippen LogP contribution < -0.4 is 37.7 Å². The standard InChI is InChI=1S/C58H71F4N13O13S/c1-39(55(76)68-57(63)64)28-42-30-49(59)53(50(60)31-42)87-46-6-4-41(5-7-46)34-67-12-16-81-20-24-85-26-22-83-18-14-75-36-45(71-73-75)38-86-37-44-35-74(72-70-44)13-17-82-21-25-84-23-19-80-15-3-27-89(78,79)48-10-8-47(9-11-48)88-54-51(61)32-43(33-52(54)62)29-40(2)56(77)69-58(65)66/h4-11,28-33,35-36,67H,3,12-27,34,37-38H2,1-2H3,(H4,63,64,68,76)(H4,65,66,69,77)/b39-28+,40-29+. The SMILES string of the molecule is C/C(=C\c1cc(F)c(Oc2ccc(CNCCOCCOCCOCCn3cc(COCc4cn(CCOCCOCCOCCCS(=O)(=O)c5ccc(Oc6c(F)cc(/C=C(\C)C(=O)N=C(N)N)cc6F)cc5)nn4)nn3)cc2)c(F)c1)C(=O)N=C(N)N. The van der Waals surface area contributed by atoms with E-state index in [0.29, 0.717) is 97.0 Å². The Morgan fingerprint density at radius 1 is 0.551 bits per heavy atom. The number of hydrogen-bond acceptors (Lipinski definition) is 18. The molecule has 0 aliphatic heterocycles. The van der Waals surface area contributed by atoms with Crippen molar-refractivity contribution in [2.45, 2.75) is 58.0 Å². The Morgan fingerprint density at radius 3 is 1.37 bits per heavy atom. The van der Waals surface area contributed by atoms with E-state index < -0.39 is 68.3 Å². The van der Waals surface area contributed by atoms with Crippen molar-refractivity contribution in [2.24, 2.45) is 32.9 Å². The molecular weight excluding hydrogens is 1190 g/mol. The molecule has 0 saturated carbocycles. The van der Waals surface area contributed by atoms with E-state index in [0.717, 1.165) is 29.8 Å². The van der Waals surface area contributed by atoms with Gasteiger partial charge in [-0.2, -0.15) is 9.98 Å². The first-order chi connectivity index (χ1) is 42.8. The van der Waals surface area contributed by atoms with Gasteiger partial charge in [0.2, 0.25) is 0 Å². The molecule has 2 amide bonds. The minimum absolute atomic E-state index is 0.00174. The molecule has 4 aromatic carbocycles. The summed E-state index contributed by atoms with van der Waals surface area (Å²) in [5.41, 5.74) is 23.3. The van der Waals surface area contributed by atoms with Crippen molar-refractivity contribution in [3.8, 4) is 23.0 Å². The molecule has 26 nitrogen and oxygen atoms in total. The van der Waals surface area contributed by atoms with Gasteiger partial charge in [0.05, 0.1) is 122 Å². The minimum Gasteiger partial charge on any atom is -0.451 e. The van der Waals surface area contributed by atoms with Crippen molar-refractivity contribution in [1.82, 2.24) is 35.3 Å². The van der Waals surface area contributed by atoms with Crippen molar-refractivity contribution in [3.63, 3.8) is 0 Å². The fourth-order valence-corrected chi connectivity index (χ4v) is 9.00. The van der Waals surface area contributed by atoms with Crippen LogP contribution in [0, 0.1) is 23.3 Å². The predicted octanol–water partition coefficient (Wildman–Crippen LogP) is 4.89. The number of nitrogens with two attached hydrogens (primary N) is 4. The number of halogens is 4. The van der Waals surface area contributed by atoms with E-state index in [4.69, 9.17) is 65.6 Å². The van der Waals surface area contributed by atoms with Gasteiger partial charge in [-0.15, -0.1) is 10.2 Å². The lowest BCUT2D eigenvalue weighted by molar-refractivity contribution is -0.115. The van der Waals surface area contributed by atoms with Crippen LogP contribution in [0.2, 0.25) is 0 Å². The molecule has 89 heavy (non-hydrogen) atoms. The number of nitrogens with zero attached hydrogens (tertiary/aromatic N) is 8. The number of guanidine groups is 2. The van der Waals surface area contributed by atoms with Crippen LogP contribution in [0.4, 0.5) is 17.6 Å². The van der Waals surface area contributed by atoms with Gasteiger partial charge >= 0.3 is 0 Å². The molecule has 6 aromatic rings. The quantitative estimate of drug-likeness (QED) is 0.0112. The third-order valence-electron chi connectivity index (χ3n) is 12.0. The molecular formula is C58H71F4N13O13S. The van der Waals surface area contributed by atoms with Crippen LogP contribution in [0.5, 0.6) is 23.0 Å². The van der Waals surface area contributed by atoms with Gasteiger partial charge in [0, 0.05) is 30.8 Å². The summed E-state index contributed by atoms with van der Waals surface area (Å²) in [5.74, 6) is -7.65. The number of ether oxygens (including phenoxy) is 9. The molecule has 0 atom stereocenters. The van der Waals surface area contributed by atoms with E-state index in [9.17, 15) is 35.6 Å². The van der Waals surface area contributed by atoms with Crippen LogP contribution in [-0.4, -0.2) is 154 Å². The monoisotopic (exact) mass is 1270 g/mol. The third-order valence-corrected chi connectivity index (χ3v) is 13.8. The second-order valence-corrected chi connectivity index (χ2v) is 21.4. The zero-order valence-corrected chi connectivity index (χ0v) is 49.8.